The van der Waals surface area contributed by atoms with Crippen molar-refractivity contribution in [2.24, 2.45) is 0 Å². The fraction of sp³-hybridized carbons (Fsp3) is 0.538. The number of nitrogens with zero attached hydrogens (tertiary/aromatic N) is 1. The van der Waals surface area contributed by atoms with E-state index in [0.717, 1.165) is 30.9 Å². The molecule has 0 fully saturated rings. The van der Waals surface area contributed by atoms with Crippen LogP contribution < -0.4 is 4.74 Å². The molecule has 0 aliphatic heterocycles. The number of ether oxygens (including phenoxy) is 1. The third-order valence-corrected chi connectivity index (χ3v) is 3.16. The molecule has 0 aromatic heterocycles. The number of hydrogen-bond donors (Lipinski definition) is 0. The van der Waals surface area contributed by atoms with Crippen LogP contribution in [0.1, 0.15) is 24.8 Å². The van der Waals surface area contributed by atoms with Crippen LogP contribution in [0.2, 0.25) is 0 Å². The summed E-state index contributed by atoms with van der Waals surface area (Å²) in [5.74, 6) is 0.864. The lowest BCUT2D eigenvalue weighted by Gasteiger charge is -2.21. The lowest BCUT2D eigenvalue weighted by Crippen LogP contribution is -2.26. The van der Waals surface area contributed by atoms with Gasteiger partial charge >= 0.3 is 0 Å². The molecule has 0 saturated carbocycles. The largest absolute Gasteiger partial charge is 0.497 e. The van der Waals surface area contributed by atoms with Crippen molar-refractivity contribution in [2.45, 2.75) is 19.2 Å². The van der Waals surface area contributed by atoms with Gasteiger partial charge in [-0.3, -0.25) is 0 Å². The summed E-state index contributed by atoms with van der Waals surface area (Å²) in [5, 5.41) is 0.0231. The molecule has 1 aromatic rings. The molecule has 0 N–H and O–H groups in total. The first-order valence-corrected chi connectivity index (χ1v) is 6.15. The Morgan fingerprint density at radius 3 is 2.56 bits per heavy atom. The lowest BCUT2D eigenvalue weighted by atomic mass is 10.1. The highest BCUT2D eigenvalue weighted by atomic mass is 35.5. The summed E-state index contributed by atoms with van der Waals surface area (Å²) < 4.78 is 5.19. The molecule has 1 atom stereocenters. The summed E-state index contributed by atoms with van der Waals surface area (Å²) in [6.07, 6.45) is 0. The van der Waals surface area contributed by atoms with Crippen molar-refractivity contribution in [3.05, 3.63) is 29.8 Å². The summed E-state index contributed by atoms with van der Waals surface area (Å²) in [7, 11) is 1.67. The summed E-state index contributed by atoms with van der Waals surface area (Å²) in [6, 6.07) is 7.96. The fourth-order valence-corrected chi connectivity index (χ4v) is 1.98. The van der Waals surface area contributed by atoms with Crippen LogP contribution in [-0.4, -0.2) is 31.6 Å². The first kappa shape index (κ1) is 13.3. The third kappa shape index (κ3) is 3.69. The van der Waals surface area contributed by atoms with Gasteiger partial charge in [0.25, 0.3) is 0 Å². The maximum absolute atomic E-state index is 6.39. The summed E-state index contributed by atoms with van der Waals surface area (Å²) >= 11 is 6.39. The van der Waals surface area contributed by atoms with E-state index in [0.29, 0.717) is 0 Å². The number of halogens is 1. The van der Waals surface area contributed by atoms with Gasteiger partial charge in [-0.25, -0.2) is 0 Å². The van der Waals surface area contributed by atoms with Gasteiger partial charge in [-0.15, -0.1) is 11.6 Å². The second kappa shape index (κ2) is 6.77. The second-order valence-corrected chi connectivity index (χ2v) is 4.26. The molecule has 1 rings (SSSR count). The normalized spacial score (nSPS) is 12.8. The average Bonchev–Trinajstić information content (AvgIpc) is 2.35. The van der Waals surface area contributed by atoms with E-state index < -0.39 is 0 Å². The number of benzene rings is 1. The van der Waals surface area contributed by atoms with Crippen molar-refractivity contribution in [1.82, 2.24) is 4.90 Å². The van der Waals surface area contributed by atoms with Crippen LogP contribution >= 0.6 is 11.6 Å². The van der Waals surface area contributed by atoms with Crippen LogP contribution in [0.25, 0.3) is 0 Å². The SMILES string of the molecule is CCN(CC)CC(Cl)c1cccc(OC)c1. The van der Waals surface area contributed by atoms with Crippen molar-refractivity contribution in [3.8, 4) is 5.75 Å². The average molecular weight is 242 g/mol. The van der Waals surface area contributed by atoms with Gasteiger partial charge in [0.2, 0.25) is 0 Å². The van der Waals surface area contributed by atoms with Crippen molar-refractivity contribution >= 4 is 11.6 Å². The van der Waals surface area contributed by atoms with E-state index in [1.165, 1.54) is 0 Å². The molecule has 0 amide bonds. The molecular weight excluding hydrogens is 222 g/mol. The minimum atomic E-state index is 0.0231. The molecule has 0 heterocycles. The number of alkyl halides is 1. The first-order valence-electron chi connectivity index (χ1n) is 5.71. The summed E-state index contributed by atoms with van der Waals surface area (Å²) in [6.45, 7) is 7.24. The molecule has 0 spiro atoms. The molecule has 90 valence electrons. The van der Waals surface area contributed by atoms with Gasteiger partial charge < -0.3 is 9.64 Å². The van der Waals surface area contributed by atoms with E-state index in [9.17, 15) is 0 Å². The topological polar surface area (TPSA) is 12.5 Å². The number of methoxy groups -OCH3 is 1. The van der Waals surface area contributed by atoms with E-state index in [-0.39, 0.29) is 5.38 Å². The minimum absolute atomic E-state index is 0.0231. The van der Waals surface area contributed by atoms with Gasteiger partial charge in [-0.05, 0) is 30.8 Å². The van der Waals surface area contributed by atoms with Crippen LogP contribution in [0, 0.1) is 0 Å². The van der Waals surface area contributed by atoms with Crippen molar-refractivity contribution in [2.75, 3.05) is 26.7 Å². The van der Waals surface area contributed by atoms with Crippen molar-refractivity contribution in [3.63, 3.8) is 0 Å². The third-order valence-electron chi connectivity index (χ3n) is 2.77. The van der Waals surface area contributed by atoms with Crippen LogP contribution in [0.3, 0.4) is 0 Å². The smallest absolute Gasteiger partial charge is 0.119 e. The number of likely N-dealkylation sites (N-methyl/N-ethyl adjacent to an activating group) is 1. The Labute approximate surface area is 103 Å². The Morgan fingerprint density at radius 2 is 2.00 bits per heavy atom. The molecule has 16 heavy (non-hydrogen) atoms. The molecular formula is C13H20ClNO. The maximum Gasteiger partial charge on any atom is 0.119 e. The van der Waals surface area contributed by atoms with Gasteiger partial charge in [0.15, 0.2) is 0 Å². The van der Waals surface area contributed by atoms with E-state index >= 15 is 0 Å². The molecule has 0 radical (unpaired) electrons. The number of hydrogen-bond acceptors (Lipinski definition) is 2. The summed E-state index contributed by atoms with van der Waals surface area (Å²) in [5.41, 5.74) is 1.12. The van der Waals surface area contributed by atoms with E-state index in [1.807, 2.05) is 24.3 Å². The fourth-order valence-electron chi connectivity index (χ4n) is 1.65. The Hall–Kier alpha value is -0.730. The molecule has 3 heteroatoms. The molecule has 0 saturated heterocycles. The van der Waals surface area contributed by atoms with Crippen LogP contribution in [0.5, 0.6) is 5.75 Å². The number of rotatable bonds is 6. The highest BCUT2D eigenvalue weighted by Gasteiger charge is 2.11. The van der Waals surface area contributed by atoms with E-state index in [2.05, 4.69) is 18.7 Å². The zero-order valence-corrected chi connectivity index (χ0v) is 11.0. The van der Waals surface area contributed by atoms with Crippen LogP contribution in [0.4, 0.5) is 0 Å². The lowest BCUT2D eigenvalue weighted by molar-refractivity contribution is 0.304. The van der Waals surface area contributed by atoms with E-state index in [1.54, 1.807) is 7.11 Å². The Morgan fingerprint density at radius 1 is 1.31 bits per heavy atom. The molecule has 1 unspecified atom stereocenters. The van der Waals surface area contributed by atoms with Crippen molar-refractivity contribution < 1.29 is 4.74 Å². The van der Waals surface area contributed by atoms with Gasteiger partial charge in [0.1, 0.15) is 5.75 Å². The highest BCUT2D eigenvalue weighted by Crippen LogP contribution is 2.24. The zero-order chi connectivity index (χ0) is 12.0. The Balaban J connectivity index is 2.67. The minimum Gasteiger partial charge on any atom is -0.497 e. The monoisotopic (exact) mass is 241 g/mol. The molecule has 1 aromatic carbocycles. The van der Waals surface area contributed by atoms with Gasteiger partial charge in [-0.2, -0.15) is 0 Å². The van der Waals surface area contributed by atoms with Gasteiger partial charge in [0.05, 0.1) is 12.5 Å². The van der Waals surface area contributed by atoms with Crippen molar-refractivity contribution in [1.29, 1.82) is 0 Å². The van der Waals surface area contributed by atoms with Crippen LogP contribution in [0.15, 0.2) is 24.3 Å². The second-order valence-electron chi connectivity index (χ2n) is 3.73. The molecule has 0 bridgehead atoms. The Bertz CT molecular complexity index is 313. The predicted octanol–water partition coefficient (Wildman–Crippen LogP) is 3.32. The zero-order valence-electron chi connectivity index (χ0n) is 10.2. The van der Waals surface area contributed by atoms with Gasteiger partial charge in [0, 0.05) is 6.54 Å². The maximum atomic E-state index is 6.39. The summed E-state index contributed by atoms with van der Waals surface area (Å²) in [4.78, 5) is 2.32. The van der Waals surface area contributed by atoms with E-state index in [4.69, 9.17) is 16.3 Å². The highest BCUT2D eigenvalue weighted by molar-refractivity contribution is 6.21. The predicted molar refractivity (Wildman–Crippen MR) is 69.4 cm³/mol. The first-order chi connectivity index (χ1) is 7.71. The molecule has 0 aliphatic rings. The molecule has 2 nitrogen and oxygen atoms in total. The quantitative estimate of drug-likeness (QED) is 0.709. The van der Waals surface area contributed by atoms with Gasteiger partial charge in [-0.1, -0.05) is 26.0 Å². The Kier molecular flexibility index (Phi) is 5.64. The standard InChI is InChI=1S/C13H20ClNO/c1-4-15(5-2)10-13(14)11-7-6-8-12(9-11)16-3/h6-9,13H,4-5,10H2,1-3H3. The van der Waals surface area contributed by atoms with Crippen LogP contribution in [-0.2, 0) is 0 Å². The molecule has 0 aliphatic carbocycles.